The van der Waals surface area contributed by atoms with Crippen LogP contribution >= 0.6 is 27.7 Å². The van der Waals surface area contributed by atoms with Gasteiger partial charge < -0.3 is 14.8 Å². The Labute approximate surface area is 240 Å². The van der Waals surface area contributed by atoms with Crippen LogP contribution in [0.15, 0.2) is 64.0 Å². The van der Waals surface area contributed by atoms with Crippen LogP contribution in [0.2, 0.25) is 0 Å². The van der Waals surface area contributed by atoms with Gasteiger partial charge in [-0.25, -0.2) is 0 Å². The summed E-state index contributed by atoms with van der Waals surface area (Å²) in [6.07, 6.45) is 1.66. The third-order valence-electron chi connectivity index (χ3n) is 5.93. The minimum Gasteiger partial charge on any atom is -0.490 e. The van der Waals surface area contributed by atoms with Gasteiger partial charge in [-0.2, -0.15) is 0 Å². The predicted octanol–water partition coefficient (Wildman–Crippen LogP) is 7.03. The Kier molecular flexibility index (Phi) is 9.14. The molecule has 9 heteroatoms. The molecule has 1 aliphatic rings. The molecule has 0 bridgehead atoms. The summed E-state index contributed by atoms with van der Waals surface area (Å²) >= 11 is 4.41. The molecule has 0 aliphatic carbocycles. The van der Waals surface area contributed by atoms with E-state index in [0.29, 0.717) is 33.0 Å². The lowest BCUT2D eigenvalue weighted by atomic mass is 10.1. The van der Waals surface area contributed by atoms with Gasteiger partial charge in [-0.15, -0.1) is 0 Å². The number of nitrogens with one attached hydrogen (secondary N) is 1. The predicted molar refractivity (Wildman–Crippen MR) is 158 cm³/mol. The third kappa shape index (κ3) is 7.10. The molecule has 1 aliphatic heterocycles. The van der Waals surface area contributed by atoms with E-state index in [0.717, 1.165) is 39.7 Å². The summed E-state index contributed by atoms with van der Waals surface area (Å²) in [5, 5.41) is 2.55. The summed E-state index contributed by atoms with van der Waals surface area (Å²) in [7, 11) is 0. The number of nitrogens with zero attached hydrogens (tertiary/aromatic N) is 1. The van der Waals surface area contributed by atoms with E-state index in [2.05, 4.69) is 21.2 Å². The van der Waals surface area contributed by atoms with Gasteiger partial charge in [-0.3, -0.25) is 19.3 Å². The molecule has 1 fully saturated rings. The summed E-state index contributed by atoms with van der Waals surface area (Å²) in [5.41, 5.74) is 5.41. The number of rotatable bonds is 9. The zero-order valence-electron chi connectivity index (χ0n) is 22.2. The lowest BCUT2D eigenvalue weighted by molar-refractivity contribution is -0.123. The van der Waals surface area contributed by atoms with Crippen molar-refractivity contribution in [3.8, 4) is 11.5 Å². The van der Waals surface area contributed by atoms with Crippen LogP contribution < -0.4 is 14.8 Å². The first-order chi connectivity index (χ1) is 18.6. The molecule has 3 amide bonds. The van der Waals surface area contributed by atoms with E-state index in [-0.39, 0.29) is 30.2 Å². The summed E-state index contributed by atoms with van der Waals surface area (Å²) < 4.78 is 12.2. The molecule has 0 atom stereocenters. The number of halogens is 1. The van der Waals surface area contributed by atoms with Crippen molar-refractivity contribution in [3.05, 3.63) is 91.8 Å². The highest BCUT2D eigenvalue weighted by Crippen LogP contribution is 2.39. The van der Waals surface area contributed by atoms with Gasteiger partial charge in [-0.05, 0) is 96.4 Å². The van der Waals surface area contributed by atoms with E-state index in [4.69, 9.17) is 9.47 Å². The molecular weight excluding hydrogens is 580 g/mol. The Morgan fingerprint density at radius 2 is 1.79 bits per heavy atom. The second kappa shape index (κ2) is 12.5. The van der Waals surface area contributed by atoms with Crippen LogP contribution in [0, 0.1) is 20.8 Å². The van der Waals surface area contributed by atoms with E-state index < -0.39 is 0 Å². The molecule has 3 aromatic rings. The summed E-state index contributed by atoms with van der Waals surface area (Å²) in [4.78, 5) is 39.8. The number of amides is 3. The molecule has 7 nitrogen and oxygen atoms in total. The zero-order valence-corrected chi connectivity index (χ0v) is 24.6. The lowest BCUT2D eigenvalue weighted by Crippen LogP contribution is -2.27. The molecule has 202 valence electrons. The summed E-state index contributed by atoms with van der Waals surface area (Å²) in [6.45, 7) is 8.10. The van der Waals surface area contributed by atoms with Crippen molar-refractivity contribution in [2.75, 3.05) is 18.5 Å². The van der Waals surface area contributed by atoms with Gasteiger partial charge in [0, 0.05) is 5.69 Å². The number of ether oxygens (including phenoxy) is 2. The van der Waals surface area contributed by atoms with Crippen LogP contribution in [0.3, 0.4) is 0 Å². The van der Waals surface area contributed by atoms with E-state index >= 15 is 0 Å². The van der Waals surface area contributed by atoms with Crippen LogP contribution in [0.1, 0.15) is 34.7 Å². The smallest absolute Gasteiger partial charge is 0.293 e. The summed E-state index contributed by atoms with van der Waals surface area (Å²) in [6, 6.07) is 17.0. The standard InChI is InChI=1S/C30H29BrN2O5S/c1-5-37-25-14-22(15-26-29(35)33(30(36)39-26)16-21-8-6-7-18(2)12-21)13-23(31)28(25)38-17-27(34)32-24-10-9-19(3)11-20(24)4/h6-15H,5,16-17H2,1-4H3,(H,32,34)/b26-15-. The lowest BCUT2D eigenvalue weighted by Gasteiger charge is -2.15. The van der Waals surface area contributed by atoms with Crippen molar-refractivity contribution in [1.82, 2.24) is 4.90 Å². The molecule has 39 heavy (non-hydrogen) atoms. The van der Waals surface area contributed by atoms with Gasteiger partial charge in [0.15, 0.2) is 18.1 Å². The number of carbonyl (C=O) groups excluding carboxylic acids is 3. The first kappa shape index (κ1) is 28.4. The molecule has 1 saturated heterocycles. The van der Waals surface area contributed by atoms with E-state index in [1.165, 1.54) is 4.90 Å². The van der Waals surface area contributed by atoms with Crippen LogP contribution in [-0.4, -0.2) is 35.2 Å². The Balaban J connectivity index is 1.49. The van der Waals surface area contributed by atoms with Crippen molar-refractivity contribution in [3.63, 3.8) is 0 Å². The highest BCUT2D eigenvalue weighted by Gasteiger charge is 2.35. The van der Waals surface area contributed by atoms with Crippen molar-refractivity contribution in [2.45, 2.75) is 34.2 Å². The van der Waals surface area contributed by atoms with Gasteiger partial charge in [0.25, 0.3) is 17.1 Å². The fraction of sp³-hybridized carbons (Fsp3) is 0.233. The van der Waals surface area contributed by atoms with Gasteiger partial charge in [-0.1, -0.05) is 47.5 Å². The molecule has 4 rings (SSSR count). The molecule has 0 unspecified atom stereocenters. The fourth-order valence-electron chi connectivity index (χ4n) is 4.13. The largest absolute Gasteiger partial charge is 0.490 e. The van der Waals surface area contributed by atoms with Gasteiger partial charge >= 0.3 is 0 Å². The monoisotopic (exact) mass is 608 g/mol. The maximum atomic E-state index is 13.0. The first-order valence-electron chi connectivity index (χ1n) is 12.4. The van der Waals surface area contributed by atoms with Crippen molar-refractivity contribution >= 4 is 56.5 Å². The van der Waals surface area contributed by atoms with Crippen LogP contribution in [0.25, 0.3) is 6.08 Å². The summed E-state index contributed by atoms with van der Waals surface area (Å²) in [5.74, 6) is 0.139. The zero-order chi connectivity index (χ0) is 28.1. The highest BCUT2D eigenvalue weighted by atomic mass is 79.9. The molecular formula is C30H29BrN2O5S. The van der Waals surface area contributed by atoms with E-state index in [1.807, 2.05) is 70.2 Å². The topological polar surface area (TPSA) is 84.9 Å². The molecule has 1 heterocycles. The SMILES string of the molecule is CCOc1cc(/C=C2\SC(=O)N(Cc3cccc(C)c3)C2=O)cc(Br)c1OCC(=O)Nc1ccc(C)cc1C. The molecule has 0 spiro atoms. The van der Waals surface area contributed by atoms with Gasteiger partial charge in [0.1, 0.15) is 0 Å². The van der Waals surface area contributed by atoms with Crippen LogP contribution in [0.4, 0.5) is 10.5 Å². The Morgan fingerprint density at radius 1 is 1.03 bits per heavy atom. The van der Waals surface area contributed by atoms with Crippen molar-refractivity contribution in [2.24, 2.45) is 0 Å². The van der Waals surface area contributed by atoms with Crippen LogP contribution in [0.5, 0.6) is 11.5 Å². The van der Waals surface area contributed by atoms with E-state index in [1.54, 1.807) is 18.2 Å². The van der Waals surface area contributed by atoms with Crippen molar-refractivity contribution in [1.29, 1.82) is 0 Å². The van der Waals surface area contributed by atoms with Crippen LogP contribution in [-0.2, 0) is 16.1 Å². The maximum Gasteiger partial charge on any atom is 0.293 e. The highest BCUT2D eigenvalue weighted by molar-refractivity contribution is 9.10. The number of benzene rings is 3. The average molecular weight is 610 g/mol. The average Bonchev–Trinajstić information content (AvgIpc) is 3.12. The Morgan fingerprint density at radius 3 is 2.51 bits per heavy atom. The van der Waals surface area contributed by atoms with E-state index in [9.17, 15) is 14.4 Å². The number of anilines is 1. The Hall–Kier alpha value is -3.56. The first-order valence-corrected chi connectivity index (χ1v) is 14.0. The normalized spacial score (nSPS) is 14.2. The quantitative estimate of drug-likeness (QED) is 0.263. The number of aryl methyl sites for hydroxylation is 3. The molecule has 0 aromatic heterocycles. The fourth-order valence-corrected chi connectivity index (χ4v) is 5.55. The maximum absolute atomic E-state index is 13.0. The second-order valence-electron chi connectivity index (χ2n) is 9.18. The second-order valence-corrected chi connectivity index (χ2v) is 11.0. The number of hydrogen-bond acceptors (Lipinski definition) is 6. The van der Waals surface area contributed by atoms with Gasteiger partial charge in [0.2, 0.25) is 0 Å². The third-order valence-corrected chi connectivity index (χ3v) is 7.43. The number of hydrogen-bond donors (Lipinski definition) is 1. The number of imide groups is 1. The molecule has 0 saturated carbocycles. The Bertz CT molecular complexity index is 1470. The minimum absolute atomic E-state index is 0.217. The molecule has 0 radical (unpaired) electrons. The number of carbonyl (C=O) groups is 3. The number of thioether (sulfide) groups is 1. The molecule has 1 N–H and O–H groups in total. The van der Waals surface area contributed by atoms with Gasteiger partial charge in [0.05, 0.1) is 22.5 Å². The van der Waals surface area contributed by atoms with Crippen molar-refractivity contribution < 1.29 is 23.9 Å². The minimum atomic E-state index is -0.344. The molecule has 3 aromatic carbocycles.